The van der Waals surface area contributed by atoms with E-state index in [9.17, 15) is 4.39 Å². The number of halogens is 1. The van der Waals surface area contributed by atoms with Crippen molar-refractivity contribution in [1.82, 2.24) is 14.8 Å². The van der Waals surface area contributed by atoms with Gasteiger partial charge in [-0.05, 0) is 19.4 Å². The van der Waals surface area contributed by atoms with Crippen molar-refractivity contribution < 1.29 is 4.39 Å². The Bertz CT molecular complexity index is 584. The molecule has 4 nitrogen and oxygen atoms in total. The molecule has 1 heterocycles. The summed E-state index contributed by atoms with van der Waals surface area (Å²) in [6.07, 6.45) is 0.767. The molecule has 0 aliphatic heterocycles. The van der Waals surface area contributed by atoms with Gasteiger partial charge in [-0.2, -0.15) is 0 Å². The quantitative estimate of drug-likeness (QED) is 0.862. The summed E-state index contributed by atoms with van der Waals surface area (Å²) in [6, 6.07) is 6.62. The molecule has 0 spiro atoms. The minimum absolute atomic E-state index is 0.145. The van der Waals surface area contributed by atoms with E-state index < -0.39 is 0 Å². The normalized spacial score (nSPS) is 14.2. The van der Waals surface area contributed by atoms with E-state index in [1.54, 1.807) is 12.1 Å². The molecule has 108 valence electrons. The van der Waals surface area contributed by atoms with E-state index in [0.29, 0.717) is 5.56 Å². The van der Waals surface area contributed by atoms with Gasteiger partial charge < -0.3 is 10.3 Å². The lowest BCUT2D eigenvalue weighted by atomic mass is 10.0. The Morgan fingerprint density at radius 1 is 1.35 bits per heavy atom. The maximum atomic E-state index is 14.0. The minimum Gasteiger partial charge on any atom is -0.326 e. The second-order valence-corrected chi connectivity index (χ2v) is 5.83. The van der Waals surface area contributed by atoms with Crippen LogP contribution in [-0.4, -0.2) is 20.8 Å². The number of benzene rings is 1. The maximum Gasteiger partial charge on any atom is 0.191 e. The molecular weight excluding hydrogens is 275 g/mol. The largest absolute Gasteiger partial charge is 0.326 e. The molecule has 1 aromatic heterocycles. The highest BCUT2D eigenvalue weighted by Gasteiger charge is 2.25. The fourth-order valence-electron chi connectivity index (χ4n) is 1.91. The lowest BCUT2D eigenvalue weighted by Gasteiger charge is -2.22. The zero-order chi connectivity index (χ0) is 14.7. The number of nitrogens with two attached hydrogens (primary N) is 1. The fraction of sp³-hybridized carbons (Fsp3) is 0.429. The van der Waals surface area contributed by atoms with E-state index in [0.717, 1.165) is 17.4 Å². The Kier molecular flexibility index (Phi) is 4.77. The van der Waals surface area contributed by atoms with Gasteiger partial charge in [-0.15, -0.1) is 10.2 Å². The van der Waals surface area contributed by atoms with Crippen LogP contribution in [0.1, 0.15) is 30.0 Å². The van der Waals surface area contributed by atoms with Gasteiger partial charge in [-0.3, -0.25) is 0 Å². The van der Waals surface area contributed by atoms with Crippen LogP contribution in [0.4, 0.5) is 4.39 Å². The van der Waals surface area contributed by atoms with Crippen LogP contribution in [-0.2, 0) is 7.05 Å². The molecule has 0 amide bonds. The van der Waals surface area contributed by atoms with Crippen molar-refractivity contribution >= 4 is 11.8 Å². The molecule has 0 radical (unpaired) electrons. The van der Waals surface area contributed by atoms with Crippen molar-refractivity contribution in [1.29, 1.82) is 0 Å². The van der Waals surface area contributed by atoms with E-state index in [4.69, 9.17) is 5.73 Å². The van der Waals surface area contributed by atoms with Crippen molar-refractivity contribution in [3.05, 3.63) is 41.5 Å². The molecule has 0 bridgehead atoms. The highest BCUT2D eigenvalue weighted by atomic mass is 32.2. The second kappa shape index (κ2) is 6.37. The van der Waals surface area contributed by atoms with Gasteiger partial charge in [0.15, 0.2) is 5.16 Å². The van der Waals surface area contributed by atoms with Crippen LogP contribution in [0.2, 0.25) is 0 Å². The van der Waals surface area contributed by atoms with Crippen LogP contribution in [0.5, 0.6) is 0 Å². The third-order valence-electron chi connectivity index (χ3n) is 3.36. The smallest absolute Gasteiger partial charge is 0.191 e. The van der Waals surface area contributed by atoms with E-state index in [-0.39, 0.29) is 17.1 Å². The number of thioether (sulfide) groups is 1. The van der Waals surface area contributed by atoms with Gasteiger partial charge >= 0.3 is 0 Å². The van der Waals surface area contributed by atoms with Crippen molar-refractivity contribution in [3.63, 3.8) is 0 Å². The first kappa shape index (κ1) is 15.0. The number of hydrogen-bond donors (Lipinski definition) is 1. The lowest BCUT2D eigenvalue weighted by Crippen LogP contribution is -2.26. The first-order valence-corrected chi connectivity index (χ1v) is 7.45. The van der Waals surface area contributed by atoms with Crippen molar-refractivity contribution in [2.75, 3.05) is 0 Å². The van der Waals surface area contributed by atoms with Gasteiger partial charge in [-0.1, -0.05) is 36.9 Å². The van der Waals surface area contributed by atoms with Crippen LogP contribution in [0, 0.1) is 12.7 Å². The van der Waals surface area contributed by atoms with Gasteiger partial charge in [0, 0.05) is 18.7 Å². The maximum absolute atomic E-state index is 14.0. The van der Waals surface area contributed by atoms with Gasteiger partial charge in [0.05, 0.1) is 5.25 Å². The summed E-state index contributed by atoms with van der Waals surface area (Å²) in [4.78, 5) is 0. The molecule has 6 heteroatoms. The number of rotatable bonds is 5. The minimum atomic E-state index is -0.229. The Balaban J connectivity index is 2.34. The van der Waals surface area contributed by atoms with Crippen molar-refractivity contribution in [2.45, 2.75) is 36.7 Å². The zero-order valence-electron chi connectivity index (χ0n) is 11.9. The molecule has 2 atom stereocenters. The lowest BCUT2D eigenvalue weighted by molar-refractivity contribution is 0.571. The summed E-state index contributed by atoms with van der Waals surface area (Å²) in [7, 11) is 1.90. The average Bonchev–Trinajstić information content (AvgIpc) is 2.76. The standard InChI is InChI=1S/C14H19FN4S/c1-4-12(16)13(10-7-5-6-8-11(10)15)20-14-18-17-9(2)19(14)3/h5-8,12-13H,4,16H2,1-3H3. The monoisotopic (exact) mass is 294 g/mol. The van der Waals surface area contributed by atoms with E-state index >= 15 is 0 Å². The summed E-state index contributed by atoms with van der Waals surface area (Å²) in [5.41, 5.74) is 6.80. The third kappa shape index (κ3) is 3.02. The average molecular weight is 294 g/mol. The molecule has 2 aromatic rings. The Morgan fingerprint density at radius 3 is 2.60 bits per heavy atom. The van der Waals surface area contributed by atoms with E-state index in [1.807, 2.05) is 31.5 Å². The number of aryl methyl sites for hydroxylation is 1. The van der Waals surface area contributed by atoms with Crippen LogP contribution in [0.15, 0.2) is 29.4 Å². The Morgan fingerprint density at radius 2 is 2.05 bits per heavy atom. The number of hydrogen-bond acceptors (Lipinski definition) is 4. The molecule has 2 unspecified atom stereocenters. The fourth-order valence-corrected chi connectivity index (χ4v) is 3.20. The Hall–Kier alpha value is -1.40. The van der Waals surface area contributed by atoms with Gasteiger partial charge in [0.25, 0.3) is 0 Å². The predicted octanol–water partition coefficient (Wildman–Crippen LogP) is 2.83. The van der Waals surface area contributed by atoms with E-state index in [2.05, 4.69) is 10.2 Å². The van der Waals surface area contributed by atoms with E-state index in [1.165, 1.54) is 17.8 Å². The first-order chi connectivity index (χ1) is 9.54. The molecule has 0 aliphatic carbocycles. The van der Waals surface area contributed by atoms with Gasteiger partial charge in [0.1, 0.15) is 11.6 Å². The van der Waals surface area contributed by atoms with Crippen molar-refractivity contribution in [2.24, 2.45) is 12.8 Å². The van der Waals surface area contributed by atoms with Gasteiger partial charge in [-0.25, -0.2) is 4.39 Å². The molecule has 0 fully saturated rings. The zero-order valence-corrected chi connectivity index (χ0v) is 12.7. The molecular formula is C14H19FN4S. The topological polar surface area (TPSA) is 56.7 Å². The number of nitrogens with zero attached hydrogens (tertiary/aromatic N) is 3. The molecule has 0 aliphatic rings. The van der Waals surface area contributed by atoms with Crippen LogP contribution >= 0.6 is 11.8 Å². The summed E-state index contributed by atoms with van der Waals surface area (Å²) in [5.74, 6) is 0.595. The molecule has 20 heavy (non-hydrogen) atoms. The molecule has 2 rings (SSSR count). The first-order valence-electron chi connectivity index (χ1n) is 6.57. The summed E-state index contributed by atoms with van der Waals surface area (Å²) < 4.78 is 15.9. The Labute approximate surface area is 122 Å². The highest BCUT2D eigenvalue weighted by molar-refractivity contribution is 7.99. The van der Waals surface area contributed by atoms with Crippen molar-refractivity contribution in [3.8, 4) is 0 Å². The number of aromatic nitrogens is 3. The molecule has 2 N–H and O–H groups in total. The summed E-state index contributed by atoms with van der Waals surface area (Å²) in [5, 5.41) is 8.73. The SMILES string of the molecule is CCC(N)C(Sc1nnc(C)n1C)c1ccccc1F. The van der Waals surface area contributed by atoms with Gasteiger partial charge in [0.2, 0.25) is 0 Å². The summed E-state index contributed by atoms with van der Waals surface area (Å²) in [6.45, 7) is 3.88. The molecule has 0 saturated carbocycles. The van der Waals surface area contributed by atoms with Crippen LogP contribution < -0.4 is 5.73 Å². The molecule has 1 aromatic carbocycles. The van der Waals surface area contributed by atoms with Crippen LogP contribution in [0.3, 0.4) is 0 Å². The predicted molar refractivity (Wildman–Crippen MR) is 79.0 cm³/mol. The summed E-state index contributed by atoms with van der Waals surface area (Å²) >= 11 is 1.46. The third-order valence-corrected chi connectivity index (χ3v) is 4.78. The molecule has 0 saturated heterocycles. The highest BCUT2D eigenvalue weighted by Crippen LogP contribution is 2.38. The second-order valence-electron chi connectivity index (χ2n) is 4.72. The van der Waals surface area contributed by atoms with Crippen LogP contribution in [0.25, 0.3) is 0 Å².